The molecule has 1 aliphatic carbocycles. The molecule has 0 unspecified atom stereocenters. The van der Waals surface area contributed by atoms with Gasteiger partial charge in [-0.2, -0.15) is 0 Å². The van der Waals surface area contributed by atoms with E-state index in [0.717, 1.165) is 24.1 Å². The van der Waals surface area contributed by atoms with Gasteiger partial charge in [0.2, 0.25) is 5.91 Å². The SMILES string of the molecule is CC(C)CC(=O)N(Cc1cccn1Cc1cccc(F)c1)C1CCCCC1. The van der Waals surface area contributed by atoms with Crippen LogP contribution < -0.4 is 0 Å². The van der Waals surface area contributed by atoms with Crippen molar-refractivity contribution in [1.29, 1.82) is 0 Å². The number of amides is 1. The number of aromatic nitrogens is 1. The smallest absolute Gasteiger partial charge is 0.223 e. The van der Waals surface area contributed by atoms with Gasteiger partial charge in [0.1, 0.15) is 5.82 Å². The fourth-order valence-electron chi connectivity index (χ4n) is 4.03. The van der Waals surface area contributed by atoms with Crippen LogP contribution in [0.25, 0.3) is 0 Å². The summed E-state index contributed by atoms with van der Waals surface area (Å²) < 4.78 is 15.6. The molecule has 1 aliphatic rings. The molecule has 1 fully saturated rings. The lowest BCUT2D eigenvalue weighted by Crippen LogP contribution is -2.41. The van der Waals surface area contributed by atoms with Crippen molar-refractivity contribution in [3.63, 3.8) is 0 Å². The van der Waals surface area contributed by atoms with Gasteiger partial charge in [0.15, 0.2) is 0 Å². The second-order valence-electron chi connectivity index (χ2n) is 8.17. The molecule has 1 heterocycles. The van der Waals surface area contributed by atoms with E-state index in [1.165, 1.54) is 25.3 Å². The first-order valence-electron chi connectivity index (χ1n) is 10.2. The maximum Gasteiger partial charge on any atom is 0.223 e. The Hall–Kier alpha value is -2.10. The van der Waals surface area contributed by atoms with Crippen molar-refractivity contribution in [3.05, 3.63) is 59.7 Å². The molecule has 27 heavy (non-hydrogen) atoms. The van der Waals surface area contributed by atoms with Crippen molar-refractivity contribution in [2.45, 2.75) is 71.5 Å². The molecule has 0 saturated heterocycles. The molecule has 1 amide bonds. The van der Waals surface area contributed by atoms with Crippen molar-refractivity contribution < 1.29 is 9.18 Å². The molecule has 146 valence electrons. The number of hydrogen-bond donors (Lipinski definition) is 0. The molecule has 0 N–H and O–H groups in total. The summed E-state index contributed by atoms with van der Waals surface area (Å²) in [7, 11) is 0. The Morgan fingerprint density at radius 1 is 1.19 bits per heavy atom. The molecule has 0 aliphatic heterocycles. The third kappa shape index (κ3) is 5.44. The summed E-state index contributed by atoms with van der Waals surface area (Å²) in [5, 5.41) is 0. The zero-order valence-electron chi connectivity index (χ0n) is 16.5. The lowest BCUT2D eigenvalue weighted by Gasteiger charge is -2.35. The molecule has 4 heteroatoms. The molecule has 0 bridgehead atoms. The molecule has 0 spiro atoms. The van der Waals surface area contributed by atoms with Gasteiger partial charge in [-0.15, -0.1) is 0 Å². The normalized spacial score (nSPS) is 15.3. The number of halogens is 1. The van der Waals surface area contributed by atoms with Gasteiger partial charge in [0.25, 0.3) is 0 Å². The monoisotopic (exact) mass is 370 g/mol. The summed E-state index contributed by atoms with van der Waals surface area (Å²) in [4.78, 5) is 15.1. The van der Waals surface area contributed by atoms with E-state index >= 15 is 0 Å². The molecular weight excluding hydrogens is 339 g/mol. The van der Waals surface area contributed by atoms with Gasteiger partial charge in [-0.1, -0.05) is 45.2 Å². The highest BCUT2D eigenvalue weighted by atomic mass is 19.1. The van der Waals surface area contributed by atoms with Crippen LogP contribution in [0.5, 0.6) is 0 Å². The minimum Gasteiger partial charge on any atom is -0.345 e. The van der Waals surface area contributed by atoms with E-state index in [1.54, 1.807) is 12.1 Å². The third-order valence-corrected chi connectivity index (χ3v) is 5.42. The zero-order valence-corrected chi connectivity index (χ0v) is 16.5. The Balaban J connectivity index is 1.77. The van der Waals surface area contributed by atoms with Gasteiger partial charge in [-0.05, 0) is 48.6 Å². The molecule has 3 rings (SSSR count). The number of benzene rings is 1. The van der Waals surface area contributed by atoms with Gasteiger partial charge in [0.05, 0.1) is 6.54 Å². The predicted molar refractivity (Wildman–Crippen MR) is 107 cm³/mol. The largest absolute Gasteiger partial charge is 0.345 e. The van der Waals surface area contributed by atoms with E-state index in [2.05, 4.69) is 29.4 Å². The van der Waals surface area contributed by atoms with Gasteiger partial charge in [-0.25, -0.2) is 4.39 Å². The summed E-state index contributed by atoms with van der Waals surface area (Å²) in [5.41, 5.74) is 2.05. The average Bonchev–Trinajstić information content (AvgIpc) is 3.06. The van der Waals surface area contributed by atoms with Crippen LogP contribution in [0.1, 0.15) is 63.6 Å². The molecule has 1 aromatic carbocycles. The van der Waals surface area contributed by atoms with Crippen molar-refractivity contribution in [3.8, 4) is 0 Å². The number of rotatable bonds is 7. The Labute approximate surface area is 162 Å². The summed E-state index contributed by atoms with van der Waals surface area (Å²) >= 11 is 0. The standard InChI is InChI=1S/C23H31FN2O/c1-18(2)14-23(27)26(21-10-4-3-5-11-21)17-22-12-7-13-25(22)16-19-8-6-9-20(24)15-19/h6-9,12-13,15,18,21H,3-5,10-11,14,16-17H2,1-2H3. The fraction of sp³-hybridized carbons (Fsp3) is 0.522. The Kier molecular flexibility index (Phi) is 6.70. The summed E-state index contributed by atoms with van der Waals surface area (Å²) in [6.07, 6.45) is 8.52. The highest BCUT2D eigenvalue weighted by Gasteiger charge is 2.26. The van der Waals surface area contributed by atoms with Crippen LogP contribution in [0, 0.1) is 11.7 Å². The third-order valence-electron chi connectivity index (χ3n) is 5.42. The molecule has 1 saturated carbocycles. The Bertz CT molecular complexity index is 746. The lowest BCUT2D eigenvalue weighted by atomic mass is 9.93. The van der Waals surface area contributed by atoms with Crippen molar-refractivity contribution >= 4 is 5.91 Å². The van der Waals surface area contributed by atoms with E-state index < -0.39 is 0 Å². The van der Waals surface area contributed by atoms with Crippen LogP contribution in [-0.4, -0.2) is 21.4 Å². The van der Waals surface area contributed by atoms with Crippen LogP contribution in [0.4, 0.5) is 4.39 Å². The summed E-state index contributed by atoms with van der Waals surface area (Å²) in [6, 6.07) is 11.2. The second-order valence-corrected chi connectivity index (χ2v) is 8.17. The number of hydrogen-bond acceptors (Lipinski definition) is 1. The van der Waals surface area contributed by atoms with E-state index in [-0.39, 0.29) is 11.7 Å². The molecule has 0 atom stereocenters. The maximum absolute atomic E-state index is 13.5. The predicted octanol–water partition coefficient (Wildman–Crippen LogP) is 5.38. The van der Waals surface area contributed by atoms with Crippen LogP contribution in [0.3, 0.4) is 0 Å². The molecule has 0 radical (unpaired) electrons. The number of nitrogens with zero attached hydrogens (tertiary/aromatic N) is 2. The summed E-state index contributed by atoms with van der Waals surface area (Å²) in [6.45, 7) is 5.46. The highest BCUT2D eigenvalue weighted by Crippen LogP contribution is 2.26. The van der Waals surface area contributed by atoms with Crippen LogP contribution in [0.2, 0.25) is 0 Å². The topological polar surface area (TPSA) is 25.2 Å². The lowest BCUT2D eigenvalue weighted by molar-refractivity contribution is -0.135. The fourth-order valence-corrected chi connectivity index (χ4v) is 4.03. The first-order chi connectivity index (χ1) is 13.0. The average molecular weight is 371 g/mol. The highest BCUT2D eigenvalue weighted by molar-refractivity contribution is 5.76. The van der Waals surface area contributed by atoms with Gasteiger partial charge < -0.3 is 9.47 Å². The molecule has 2 aromatic rings. The maximum atomic E-state index is 13.5. The first-order valence-corrected chi connectivity index (χ1v) is 10.2. The van der Waals surface area contributed by atoms with Gasteiger partial charge >= 0.3 is 0 Å². The van der Waals surface area contributed by atoms with Crippen molar-refractivity contribution in [1.82, 2.24) is 9.47 Å². The molecule has 3 nitrogen and oxygen atoms in total. The zero-order chi connectivity index (χ0) is 19.2. The molecular formula is C23H31FN2O. The van der Waals surface area contributed by atoms with E-state index in [9.17, 15) is 9.18 Å². The van der Waals surface area contributed by atoms with E-state index in [1.807, 2.05) is 18.3 Å². The quantitative estimate of drug-likeness (QED) is 0.642. The van der Waals surface area contributed by atoms with Crippen LogP contribution >= 0.6 is 0 Å². The van der Waals surface area contributed by atoms with Crippen molar-refractivity contribution in [2.24, 2.45) is 5.92 Å². The van der Waals surface area contributed by atoms with Gasteiger partial charge in [-0.3, -0.25) is 4.79 Å². The minimum atomic E-state index is -0.211. The van der Waals surface area contributed by atoms with Crippen molar-refractivity contribution in [2.75, 3.05) is 0 Å². The molecule has 1 aromatic heterocycles. The number of carbonyl (C=O) groups is 1. The second kappa shape index (κ2) is 9.20. The Morgan fingerprint density at radius 2 is 1.96 bits per heavy atom. The van der Waals surface area contributed by atoms with Gasteiger partial charge in [0, 0.05) is 30.9 Å². The van der Waals surface area contributed by atoms with Crippen LogP contribution in [-0.2, 0) is 17.9 Å². The summed E-state index contributed by atoms with van der Waals surface area (Å²) in [5.74, 6) is 0.412. The van der Waals surface area contributed by atoms with Crippen LogP contribution in [0.15, 0.2) is 42.6 Å². The minimum absolute atomic E-state index is 0.211. The first kappa shape index (κ1) is 19.7. The number of carbonyl (C=O) groups excluding carboxylic acids is 1. The van der Waals surface area contributed by atoms with E-state index in [0.29, 0.717) is 31.5 Å². The Morgan fingerprint density at radius 3 is 2.67 bits per heavy atom. The van der Waals surface area contributed by atoms with E-state index in [4.69, 9.17) is 0 Å².